The molecule has 132 valence electrons. The van der Waals surface area contributed by atoms with Crippen LogP contribution in [-0.4, -0.2) is 25.0 Å². The molecule has 2 rings (SSSR count). The number of anilines is 1. The van der Waals surface area contributed by atoms with Crippen molar-refractivity contribution < 1.29 is 18.7 Å². The van der Waals surface area contributed by atoms with Crippen LogP contribution in [0.25, 0.3) is 0 Å². The van der Waals surface area contributed by atoms with E-state index in [4.69, 9.17) is 4.74 Å². The molecule has 6 heteroatoms. The van der Waals surface area contributed by atoms with E-state index in [-0.39, 0.29) is 18.1 Å². The van der Waals surface area contributed by atoms with Gasteiger partial charge in [-0.3, -0.25) is 9.59 Å². The maximum Gasteiger partial charge on any atom is 0.251 e. The van der Waals surface area contributed by atoms with Gasteiger partial charge in [0, 0.05) is 5.56 Å². The highest BCUT2D eigenvalue weighted by Gasteiger charge is 2.10. The van der Waals surface area contributed by atoms with Gasteiger partial charge >= 0.3 is 0 Å². The third-order valence-corrected chi connectivity index (χ3v) is 3.44. The maximum atomic E-state index is 13.4. The summed E-state index contributed by atoms with van der Waals surface area (Å²) in [6.45, 7) is 2.47. The number of amides is 2. The molecular formula is C19H21FN2O3. The van der Waals surface area contributed by atoms with E-state index >= 15 is 0 Å². The molecule has 2 N–H and O–H groups in total. The average molecular weight is 344 g/mol. The Morgan fingerprint density at radius 1 is 1.08 bits per heavy atom. The standard InChI is InChI=1S/C19H21FN2O3/c1-2-3-12-25-15-10-8-14(9-11-15)19(24)21-13-18(23)22-17-7-5-4-6-16(17)20/h4-11H,2-3,12-13H2,1H3,(H,21,24)(H,22,23). The van der Waals surface area contributed by atoms with E-state index in [1.807, 2.05) is 0 Å². The number of hydrogen-bond acceptors (Lipinski definition) is 3. The van der Waals surface area contributed by atoms with Gasteiger partial charge in [0.15, 0.2) is 0 Å². The van der Waals surface area contributed by atoms with Crippen LogP contribution >= 0.6 is 0 Å². The zero-order valence-electron chi connectivity index (χ0n) is 14.0. The molecule has 0 fully saturated rings. The van der Waals surface area contributed by atoms with Crippen molar-refractivity contribution in [1.82, 2.24) is 5.32 Å². The summed E-state index contributed by atoms with van der Waals surface area (Å²) in [4.78, 5) is 23.8. The number of unbranched alkanes of at least 4 members (excludes halogenated alkanes) is 1. The first-order chi connectivity index (χ1) is 12.1. The molecule has 0 aromatic heterocycles. The number of carbonyl (C=O) groups is 2. The number of halogens is 1. The Hall–Kier alpha value is -2.89. The Morgan fingerprint density at radius 3 is 2.48 bits per heavy atom. The minimum atomic E-state index is -0.527. The van der Waals surface area contributed by atoms with Crippen LogP contribution in [0.2, 0.25) is 0 Å². The fourth-order valence-electron chi connectivity index (χ4n) is 2.06. The minimum absolute atomic E-state index is 0.0790. The van der Waals surface area contributed by atoms with Gasteiger partial charge in [0.25, 0.3) is 5.91 Å². The molecule has 0 aliphatic rings. The summed E-state index contributed by atoms with van der Waals surface area (Å²) in [6, 6.07) is 12.5. The van der Waals surface area contributed by atoms with Crippen molar-refractivity contribution >= 4 is 17.5 Å². The van der Waals surface area contributed by atoms with Crippen molar-refractivity contribution in [2.45, 2.75) is 19.8 Å². The first-order valence-corrected chi connectivity index (χ1v) is 8.15. The van der Waals surface area contributed by atoms with Gasteiger partial charge in [-0.05, 0) is 42.8 Å². The topological polar surface area (TPSA) is 67.4 Å². The second-order valence-corrected chi connectivity index (χ2v) is 5.44. The monoisotopic (exact) mass is 344 g/mol. The maximum absolute atomic E-state index is 13.4. The van der Waals surface area contributed by atoms with Crippen molar-refractivity contribution in [3.05, 3.63) is 59.9 Å². The van der Waals surface area contributed by atoms with E-state index < -0.39 is 11.7 Å². The smallest absolute Gasteiger partial charge is 0.251 e. The van der Waals surface area contributed by atoms with E-state index in [1.54, 1.807) is 30.3 Å². The number of ether oxygens (including phenoxy) is 1. The van der Waals surface area contributed by atoms with E-state index in [0.717, 1.165) is 12.8 Å². The molecule has 2 aromatic rings. The Bertz CT molecular complexity index is 717. The van der Waals surface area contributed by atoms with Gasteiger partial charge in [0.2, 0.25) is 5.91 Å². The summed E-state index contributed by atoms with van der Waals surface area (Å²) >= 11 is 0. The molecule has 2 aromatic carbocycles. The first kappa shape index (κ1) is 18.4. The van der Waals surface area contributed by atoms with E-state index in [2.05, 4.69) is 17.6 Å². The highest BCUT2D eigenvalue weighted by Crippen LogP contribution is 2.13. The summed E-state index contributed by atoms with van der Waals surface area (Å²) in [5.41, 5.74) is 0.497. The van der Waals surface area contributed by atoms with Crippen molar-refractivity contribution in [1.29, 1.82) is 0 Å². The SMILES string of the molecule is CCCCOc1ccc(C(=O)NCC(=O)Nc2ccccc2F)cc1. The number of nitrogens with one attached hydrogen (secondary N) is 2. The molecule has 0 aliphatic carbocycles. The summed E-state index contributed by atoms with van der Waals surface area (Å²) in [7, 11) is 0. The van der Waals surface area contributed by atoms with E-state index in [0.29, 0.717) is 17.9 Å². The van der Waals surface area contributed by atoms with Crippen LogP contribution in [-0.2, 0) is 4.79 Å². The molecular weight excluding hydrogens is 323 g/mol. The molecule has 0 radical (unpaired) electrons. The second-order valence-electron chi connectivity index (χ2n) is 5.44. The lowest BCUT2D eigenvalue weighted by atomic mass is 10.2. The normalized spacial score (nSPS) is 10.2. The van der Waals surface area contributed by atoms with Gasteiger partial charge in [-0.2, -0.15) is 0 Å². The Morgan fingerprint density at radius 2 is 1.80 bits per heavy atom. The van der Waals surface area contributed by atoms with Crippen LogP contribution in [0.4, 0.5) is 10.1 Å². The van der Waals surface area contributed by atoms with Gasteiger partial charge < -0.3 is 15.4 Å². The van der Waals surface area contributed by atoms with Gasteiger partial charge in [-0.1, -0.05) is 25.5 Å². The van der Waals surface area contributed by atoms with Crippen molar-refractivity contribution in [3.63, 3.8) is 0 Å². The van der Waals surface area contributed by atoms with Crippen LogP contribution in [0, 0.1) is 5.82 Å². The molecule has 0 heterocycles. The minimum Gasteiger partial charge on any atom is -0.494 e. The van der Waals surface area contributed by atoms with E-state index in [9.17, 15) is 14.0 Å². The van der Waals surface area contributed by atoms with Gasteiger partial charge in [-0.15, -0.1) is 0 Å². The zero-order chi connectivity index (χ0) is 18.1. The highest BCUT2D eigenvalue weighted by atomic mass is 19.1. The number of carbonyl (C=O) groups excluding carboxylic acids is 2. The Labute approximate surface area is 146 Å². The van der Waals surface area contributed by atoms with Crippen LogP contribution in [0.1, 0.15) is 30.1 Å². The summed E-state index contributed by atoms with van der Waals surface area (Å²) < 4.78 is 19.0. The van der Waals surface area contributed by atoms with Crippen LogP contribution in [0.15, 0.2) is 48.5 Å². The average Bonchev–Trinajstić information content (AvgIpc) is 2.62. The van der Waals surface area contributed by atoms with Crippen molar-refractivity contribution in [2.24, 2.45) is 0 Å². The molecule has 2 amide bonds. The first-order valence-electron chi connectivity index (χ1n) is 8.15. The number of para-hydroxylation sites is 1. The fourth-order valence-corrected chi connectivity index (χ4v) is 2.06. The highest BCUT2D eigenvalue weighted by molar-refractivity contribution is 5.99. The summed E-state index contributed by atoms with van der Waals surface area (Å²) in [5.74, 6) is -0.718. The predicted molar refractivity (Wildman–Crippen MR) is 94.2 cm³/mol. The number of hydrogen-bond donors (Lipinski definition) is 2. The molecule has 0 aliphatic heterocycles. The molecule has 0 atom stereocenters. The number of rotatable bonds is 8. The molecule has 25 heavy (non-hydrogen) atoms. The second kappa shape index (κ2) is 9.42. The predicted octanol–water partition coefficient (Wildman–Crippen LogP) is 3.37. The largest absolute Gasteiger partial charge is 0.494 e. The molecule has 5 nitrogen and oxygen atoms in total. The third kappa shape index (κ3) is 5.91. The quantitative estimate of drug-likeness (QED) is 0.722. The lowest BCUT2D eigenvalue weighted by Gasteiger charge is -2.09. The van der Waals surface area contributed by atoms with Gasteiger partial charge in [0.05, 0.1) is 18.8 Å². The fraction of sp³-hybridized carbons (Fsp3) is 0.263. The summed E-state index contributed by atoms with van der Waals surface area (Å²) in [5, 5.41) is 4.90. The zero-order valence-corrected chi connectivity index (χ0v) is 14.0. The van der Waals surface area contributed by atoms with Crippen molar-refractivity contribution in [2.75, 3.05) is 18.5 Å². The lowest BCUT2D eigenvalue weighted by molar-refractivity contribution is -0.115. The molecule has 0 saturated heterocycles. The van der Waals surface area contributed by atoms with Gasteiger partial charge in [0.1, 0.15) is 11.6 Å². The molecule has 0 unspecified atom stereocenters. The third-order valence-electron chi connectivity index (χ3n) is 3.44. The molecule has 0 saturated carbocycles. The molecule has 0 bridgehead atoms. The van der Waals surface area contributed by atoms with Crippen LogP contribution < -0.4 is 15.4 Å². The molecule has 0 spiro atoms. The van der Waals surface area contributed by atoms with E-state index in [1.165, 1.54) is 18.2 Å². The number of benzene rings is 2. The Kier molecular flexibility index (Phi) is 6.95. The van der Waals surface area contributed by atoms with Crippen LogP contribution in [0.3, 0.4) is 0 Å². The lowest BCUT2D eigenvalue weighted by Crippen LogP contribution is -2.33. The van der Waals surface area contributed by atoms with Crippen LogP contribution in [0.5, 0.6) is 5.75 Å². The summed E-state index contributed by atoms with van der Waals surface area (Å²) in [6.07, 6.45) is 2.02. The Balaban J connectivity index is 1.81. The van der Waals surface area contributed by atoms with Crippen molar-refractivity contribution in [3.8, 4) is 5.75 Å². The van der Waals surface area contributed by atoms with Gasteiger partial charge in [-0.25, -0.2) is 4.39 Å².